The van der Waals surface area contributed by atoms with E-state index in [4.69, 9.17) is 9.72 Å². The number of rotatable bonds is 5. The Morgan fingerprint density at radius 3 is 2.02 bits per heavy atom. The largest absolute Gasteiger partial charge is 0.455 e. The molecule has 0 amide bonds. The fourth-order valence-corrected chi connectivity index (χ4v) is 15.4. The Morgan fingerprint density at radius 1 is 0.585 bits per heavy atom. The van der Waals surface area contributed by atoms with Crippen LogP contribution in [-0.4, -0.2) is 17.5 Å². The van der Waals surface area contributed by atoms with Gasteiger partial charge >= 0.3 is 0 Å². The topological polar surface area (TPSA) is 26.5 Å². The summed E-state index contributed by atoms with van der Waals surface area (Å²) in [5.41, 5.74) is 7.07. The van der Waals surface area contributed by atoms with Gasteiger partial charge in [-0.05, 0) is 73.7 Å². The third-order valence-corrected chi connectivity index (χ3v) is 17.6. The van der Waals surface area contributed by atoms with Crippen LogP contribution in [0.1, 0.15) is 26.3 Å². The molecule has 0 unspecified atom stereocenters. The molecule has 9 aromatic rings. The van der Waals surface area contributed by atoms with Crippen molar-refractivity contribution in [3.63, 3.8) is 0 Å². The van der Waals surface area contributed by atoms with E-state index in [2.05, 4.69) is 189 Å². The maximum absolute atomic E-state index is 6.98. The summed E-state index contributed by atoms with van der Waals surface area (Å²) in [6, 6.07) is 60.0. The van der Waals surface area contributed by atoms with E-state index < -0.39 is 8.07 Å². The van der Waals surface area contributed by atoms with Gasteiger partial charge in [-0.2, -0.15) is 0 Å². The molecule has 1 aliphatic rings. The Hall–Kier alpha value is -5.40. The average Bonchev–Trinajstić information content (AvgIpc) is 3.74. The van der Waals surface area contributed by atoms with Crippen LogP contribution in [0, 0.1) is 0 Å². The van der Waals surface area contributed by atoms with Crippen LogP contribution in [0.5, 0.6) is 11.5 Å². The van der Waals surface area contributed by atoms with Gasteiger partial charge in [-0.3, -0.25) is 4.40 Å². The first-order chi connectivity index (χ1) is 25.9. The predicted octanol–water partition coefficient (Wildman–Crippen LogP) is 10.3. The average molecular weight is 737 g/mol. The summed E-state index contributed by atoms with van der Waals surface area (Å²) in [7, 11) is -2.98. The van der Waals surface area contributed by atoms with E-state index in [-0.39, 0.29) is 5.41 Å². The lowest BCUT2D eigenvalue weighted by Crippen LogP contribution is -2.75. The molecule has 0 radical (unpaired) electrons. The lowest BCUT2D eigenvalue weighted by Gasteiger charge is -2.38. The quantitative estimate of drug-likeness (QED) is 0.130. The molecule has 10 rings (SSSR count). The highest BCUT2D eigenvalue weighted by molar-refractivity contribution is 7.99. The smallest absolute Gasteiger partial charge is 0.195 e. The van der Waals surface area contributed by atoms with Crippen molar-refractivity contribution in [3.8, 4) is 22.6 Å². The van der Waals surface area contributed by atoms with Crippen LogP contribution in [0.15, 0.2) is 174 Å². The molecule has 2 aromatic heterocycles. The Morgan fingerprint density at radius 2 is 1.25 bits per heavy atom. The standard InChI is InChI=1S/C47H36N2OS2Si/c1-47(2,3)36-30-33(28-29-34(36)35-20-14-23-39-45(35)52-46-48-37-21-10-11-22-38(37)49(39)46)53(31-16-6-4-7-17-31,32-18-8-5-9-19-32)43-27-15-26-42-44(43)50-40-24-12-13-25-41(40)51-42/h4-30H,1-3H3. The highest BCUT2D eigenvalue weighted by atomic mass is 32.2. The molecule has 53 heavy (non-hydrogen) atoms. The summed E-state index contributed by atoms with van der Waals surface area (Å²) in [5.74, 6) is 1.88. The van der Waals surface area contributed by atoms with Crippen LogP contribution in [0.25, 0.3) is 37.3 Å². The van der Waals surface area contributed by atoms with Crippen LogP contribution in [0.2, 0.25) is 0 Å². The maximum Gasteiger partial charge on any atom is 0.195 e. The molecule has 0 aliphatic carbocycles. The van der Waals surface area contributed by atoms with Gasteiger partial charge in [0, 0.05) is 5.56 Å². The van der Waals surface area contributed by atoms with Crippen molar-refractivity contribution in [3.05, 3.63) is 169 Å². The molecule has 6 heteroatoms. The number of imidazole rings is 1. The molecule has 1 aliphatic heterocycles. The Kier molecular flexibility index (Phi) is 7.51. The Labute approximate surface area is 318 Å². The molecule has 0 saturated heterocycles. The van der Waals surface area contributed by atoms with Gasteiger partial charge in [0.25, 0.3) is 0 Å². The van der Waals surface area contributed by atoms with E-state index in [0.717, 1.165) is 37.3 Å². The third-order valence-electron chi connectivity index (χ3n) is 10.6. The highest BCUT2D eigenvalue weighted by Gasteiger charge is 2.45. The molecule has 0 spiro atoms. The molecule has 0 N–H and O–H groups in total. The lowest BCUT2D eigenvalue weighted by molar-refractivity contribution is 0.458. The summed E-state index contributed by atoms with van der Waals surface area (Å²) in [4.78, 5) is 8.35. The lowest BCUT2D eigenvalue weighted by atomic mass is 9.82. The van der Waals surface area contributed by atoms with Crippen LogP contribution in [0.4, 0.5) is 0 Å². The number of fused-ring (bicyclic) bond motifs is 7. The first-order valence-corrected chi connectivity index (χ1v) is 21.7. The van der Waals surface area contributed by atoms with Crippen molar-refractivity contribution in [1.29, 1.82) is 0 Å². The predicted molar refractivity (Wildman–Crippen MR) is 226 cm³/mol. The van der Waals surface area contributed by atoms with Crippen molar-refractivity contribution < 1.29 is 4.74 Å². The van der Waals surface area contributed by atoms with Crippen molar-refractivity contribution >= 4 is 78.1 Å². The van der Waals surface area contributed by atoms with E-state index in [1.54, 1.807) is 23.1 Å². The van der Waals surface area contributed by atoms with Gasteiger partial charge < -0.3 is 4.74 Å². The molecular weight excluding hydrogens is 701 g/mol. The van der Waals surface area contributed by atoms with Crippen LogP contribution in [-0.2, 0) is 5.41 Å². The van der Waals surface area contributed by atoms with Crippen molar-refractivity contribution in [1.82, 2.24) is 9.38 Å². The first-order valence-electron chi connectivity index (χ1n) is 18.0. The third kappa shape index (κ3) is 5.04. The molecule has 0 atom stereocenters. The van der Waals surface area contributed by atoms with Gasteiger partial charge in [-0.1, -0.05) is 171 Å². The number of ether oxygens (including phenoxy) is 1. The van der Waals surface area contributed by atoms with Crippen LogP contribution in [0.3, 0.4) is 0 Å². The van der Waals surface area contributed by atoms with Crippen LogP contribution < -0.4 is 25.5 Å². The molecule has 3 heterocycles. The zero-order valence-corrected chi connectivity index (χ0v) is 32.3. The molecule has 0 fully saturated rings. The van der Waals surface area contributed by atoms with Gasteiger partial charge in [-0.25, -0.2) is 4.98 Å². The van der Waals surface area contributed by atoms with Crippen LogP contribution >= 0.6 is 23.1 Å². The molecule has 0 bridgehead atoms. The summed E-state index contributed by atoms with van der Waals surface area (Å²) >= 11 is 3.58. The number of para-hydroxylation sites is 4. The number of thiazole rings is 1. The minimum absolute atomic E-state index is 0.146. The molecule has 0 saturated carbocycles. The van der Waals surface area contributed by atoms with Crippen molar-refractivity contribution in [2.24, 2.45) is 0 Å². The second kappa shape index (κ2) is 12.3. The molecule has 3 nitrogen and oxygen atoms in total. The van der Waals surface area contributed by atoms with E-state index in [9.17, 15) is 0 Å². The van der Waals surface area contributed by atoms with E-state index in [0.29, 0.717) is 0 Å². The molecule has 7 aromatic carbocycles. The fourth-order valence-electron chi connectivity index (χ4n) is 8.24. The fraction of sp³-hybridized carbons (Fsp3) is 0.0851. The number of nitrogens with zero attached hydrogens (tertiary/aromatic N) is 2. The SMILES string of the molecule is CC(C)(C)c1cc([Si](c2ccccc2)(c2ccccc2)c2cccc3c2Oc2ccccc2S3)ccc1-c1cccc2c1sc1nc3ccccc3n12. The summed E-state index contributed by atoms with van der Waals surface area (Å²) in [6.45, 7) is 7.04. The number of benzene rings is 7. The first kappa shape index (κ1) is 32.3. The molecule has 256 valence electrons. The molecular formula is C47H36N2OS2Si. The summed E-state index contributed by atoms with van der Waals surface area (Å²) in [5, 5.41) is 5.25. The Balaban J connectivity index is 1.26. The maximum atomic E-state index is 6.98. The van der Waals surface area contributed by atoms with Gasteiger partial charge in [-0.15, -0.1) is 0 Å². The van der Waals surface area contributed by atoms with Crippen molar-refractivity contribution in [2.45, 2.75) is 36.0 Å². The summed E-state index contributed by atoms with van der Waals surface area (Å²) < 4.78 is 10.6. The highest BCUT2D eigenvalue weighted by Crippen LogP contribution is 2.47. The van der Waals surface area contributed by atoms with E-state index in [1.165, 1.54) is 47.7 Å². The monoisotopic (exact) mass is 736 g/mol. The van der Waals surface area contributed by atoms with Gasteiger partial charge in [0.1, 0.15) is 11.5 Å². The zero-order chi connectivity index (χ0) is 35.7. The van der Waals surface area contributed by atoms with E-state index >= 15 is 0 Å². The number of hydrogen-bond acceptors (Lipinski definition) is 4. The second-order valence-electron chi connectivity index (χ2n) is 14.8. The normalized spacial score (nSPS) is 12.9. The summed E-state index contributed by atoms with van der Waals surface area (Å²) in [6.07, 6.45) is 0. The Bertz CT molecular complexity index is 2800. The van der Waals surface area contributed by atoms with E-state index in [1.807, 2.05) is 0 Å². The van der Waals surface area contributed by atoms with Gasteiger partial charge in [0.15, 0.2) is 13.0 Å². The number of hydrogen-bond donors (Lipinski definition) is 0. The minimum Gasteiger partial charge on any atom is -0.455 e. The van der Waals surface area contributed by atoms with Gasteiger partial charge in [0.05, 0.1) is 31.0 Å². The second-order valence-corrected chi connectivity index (χ2v) is 20.6. The van der Waals surface area contributed by atoms with Gasteiger partial charge in [0.2, 0.25) is 0 Å². The number of aromatic nitrogens is 2. The minimum atomic E-state index is -2.98. The van der Waals surface area contributed by atoms with Crippen molar-refractivity contribution in [2.75, 3.05) is 0 Å². The zero-order valence-electron chi connectivity index (χ0n) is 29.7.